The van der Waals surface area contributed by atoms with Crippen molar-refractivity contribution in [2.24, 2.45) is 5.10 Å². The van der Waals surface area contributed by atoms with Crippen LogP contribution in [0.1, 0.15) is 27.0 Å². The maximum atomic E-state index is 12.4. The highest BCUT2D eigenvalue weighted by molar-refractivity contribution is 6.32. The fourth-order valence-electron chi connectivity index (χ4n) is 3.55. The van der Waals surface area contributed by atoms with Gasteiger partial charge in [0, 0.05) is 28.1 Å². The number of amides is 2. The Morgan fingerprint density at radius 2 is 1.76 bits per heavy atom. The van der Waals surface area contributed by atoms with Crippen LogP contribution in [0.15, 0.2) is 77.9 Å². The Balaban J connectivity index is 1.39. The van der Waals surface area contributed by atoms with E-state index >= 15 is 0 Å². The number of benzene rings is 4. The summed E-state index contributed by atoms with van der Waals surface area (Å²) in [5, 5.41) is 18.7. The number of hydrogen-bond donors (Lipinski definition) is 3. The van der Waals surface area contributed by atoms with Crippen molar-refractivity contribution >= 4 is 52.0 Å². The largest absolute Gasteiger partial charge is 0.506 e. The quantitative estimate of drug-likeness (QED) is 0.201. The van der Waals surface area contributed by atoms with Crippen LogP contribution in [0.25, 0.3) is 10.8 Å². The minimum absolute atomic E-state index is 0.0754. The SMILES string of the molecule is Cc1ccc(CNC(=O)COc2ccc(/C=N/NC(=O)c3ccc(O)c(Cl)c3)c3ccccc23)cc1Cl. The Morgan fingerprint density at radius 3 is 2.51 bits per heavy atom. The van der Waals surface area contributed by atoms with Crippen LogP contribution in [0.2, 0.25) is 10.0 Å². The van der Waals surface area contributed by atoms with Crippen LogP contribution in [0, 0.1) is 6.92 Å². The van der Waals surface area contributed by atoms with Crippen molar-refractivity contribution in [3.63, 3.8) is 0 Å². The number of rotatable bonds is 8. The van der Waals surface area contributed by atoms with Gasteiger partial charge in [0.05, 0.1) is 11.2 Å². The first-order valence-corrected chi connectivity index (χ1v) is 12.1. The van der Waals surface area contributed by atoms with Crippen molar-refractivity contribution in [1.29, 1.82) is 0 Å². The summed E-state index contributed by atoms with van der Waals surface area (Å²) < 4.78 is 5.80. The molecule has 0 saturated carbocycles. The minimum atomic E-state index is -0.471. The molecule has 2 amide bonds. The zero-order valence-corrected chi connectivity index (χ0v) is 21.3. The van der Waals surface area contributed by atoms with E-state index in [1.165, 1.54) is 24.4 Å². The van der Waals surface area contributed by atoms with Crippen molar-refractivity contribution in [3.8, 4) is 11.5 Å². The number of hydrogen-bond acceptors (Lipinski definition) is 5. The van der Waals surface area contributed by atoms with Crippen molar-refractivity contribution in [2.75, 3.05) is 6.61 Å². The average Bonchev–Trinajstić information content (AvgIpc) is 2.90. The Kier molecular flexibility index (Phi) is 8.28. The molecule has 0 spiro atoms. The molecule has 4 aromatic carbocycles. The molecule has 0 aliphatic heterocycles. The molecule has 37 heavy (non-hydrogen) atoms. The van der Waals surface area contributed by atoms with Crippen LogP contribution in [-0.2, 0) is 11.3 Å². The molecule has 3 N–H and O–H groups in total. The van der Waals surface area contributed by atoms with Crippen LogP contribution in [0.4, 0.5) is 0 Å². The molecular weight excluding hydrogens is 513 g/mol. The normalized spacial score (nSPS) is 11.0. The lowest BCUT2D eigenvalue weighted by Crippen LogP contribution is -2.28. The fraction of sp³-hybridized carbons (Fsp3) is 0.107. The second-order valence-corrected chi connectivity index (χ2v) is 9.03. The van der Waals surface area contributed by atoms with E-state index in [9.17, 15) is 14.7 Å². The van der Waals surface area contributed by atoms with Crippen LogP contribution < -0.4 is 15.5 Å². The van der Waals surface area contributed by atoms with Gasteiger partial charge in [0.2, 0.25) is 0 Å². The predicted octanol–water partition coefficient (Wildman–Crippen LogP) is 5.62. The van der Waals surface area contributed by atoms with Crippen molar-refractivity contribution in [1.82, 2.24) is 10.7 Å². The maximum Gasteiger partial charge on any atom is 0.271 e. The highest BCUT2D eigenvalue weighted by Gasteiger charge is 2.10. The summed E-state index contributed by atoms with van der Waals surface area (Å²) in [6, 6.07) is 20.8. The molecule has 0 bridgehead atoms. The third kappa shape index (κ3) is 6.58. The fourth-order valence-corrected chi connectivity index (χ4v) is 3.93. The number of carbonyl (C=O) groups is 2. The number of aromatic hydroxyl groups is 1. The lowest BCUT2D eigenvalue weighted by molar-refractivity contribution is -0.123. The molecule has 0 atom stereocenters. The number of fused-ring (bicyclic) bond motifs is 1. The topological polar surface area (TPSA) is 100 Å². The third-order valence-corrected chi connectivity index (χ3v) is 6.29. The third-order valence-electron chi connectivity index (χ3n) is 5.58. The van der Waals surface area contributed by atoms with Gasteiger partial charge < -0.3 is 15.2 Å². The van der Waals surface area contributed by atoms with E-state index in [-0.39, 0.29) is 28.8 Å². The summed E-state index contributed by atoms with van der Waals surface area (Å²) in [5.41, 5.74) is 5.33. The summed E-state index contributed by atoms with van der Waals surface area (Å²) in [5.74, 6) is -0.294. The van der Waals surface area contributed by atoms with Crippen LogP contribution in [0.5, 0.6) is 11.5 Å². The second-order valence-electron chi connectivity index (χ2n) is 8.21. The number of phenolic OH excluding ortho intramolecular Hbond substituents is 1. The summed E-state index contributed by atoms with van der Waals surface area (Å²) in [4.78, 5) is 24.7. The molecule has 0 unspecified atom stereocenters. The number of aryl methyl sites for hydroxylation is 1. The lowest BCUT2D eigenvalue weighted by atomic mass is 10.0. The van der Waals surface area contributed by atoms with Gasteiger partial charge in [-0.3, -0.25) is 9.59 Å². The van der Waals surface area contributed by atoms with Gasteiger partial charge in [-0.05, 0) is 59.8 Å². The van der Waals surface area contributed by atoms with Crippen molar-refractivity contribution in [3.05, 3.63) is 105 Å². The van der Waals surface area contributed by atoms with Crippen molar-refractivity contribution < 1.29 is 19.4 Å². The molecule has 0 aliphatic carbocycles. The number of hydrazone groups is 1. The molecule has 0 fully saturated rings. The van der Waals surface area contributed by atoms with Crippen LogP contribution in [0.3, 0.4) is 0 Å². The molecular formula is C28H23Cl2N3O4. The molecule has 0 saturated heterocycles. The van der Waals surface area contributed by atoms with Crippen LogP contribution >= 0.6 is 23.2 Å². The van der Waals surface area contributed by atoms with Crippen LogP contribution in [-0.4, -0.2) is 29.7 Å². The van der Waals surface area contributed by atoms with Gasteiger partial charge in [0.1, 0.15) is 11.5 Å². The van der Waals surface area contributed by atoms with E-state index in [4.69, 9.17) is 27.9 Å². The summed E-state index contributed by atoms with van der Waals surface area (Å²) in [6.07, 6.45) is 1.52. The molecule has 0 aromatic heterocycles. The Hall–Kier alpha value is -4.07. The summed E-state index contributed by atoms with van der Waals surface area (Å²) in [6.45, 7) is 2.12. The van der Waals surface area contributed by atoms with Crippen molar-refractivity contribution in [2.45, 2.75) is 13.5 Å². The minimum Gasteiger partial charge on any atom is -0.506 e. The molecule has 0 radical (unpaired) electrons. The lowest BCUT2D eigenvalue weighted by Gasteiger charge is -2.12. The van der Waals surface area contributed by atoms with Gasteiger partial charge in [-0.2, -0.15) is 5.10 Å². The van der Waals surface area contributed by atoms with Gasteiger partial charge in [-0.1, -0.05) is 59.6 Å². The average molecular weight is 536 g/mol. The van der Waals surface area contributed by atoms with E-state index in [1.807, 2.05) is 49.4 Å². The Bertz CT molecular complexity index is 1500. The molecule has 7 nitrogen and oxygen atoms in total. The summed E-state index contributed by atoms with van der Waals surface area (Å²) >= 11 is 12.0. The zero-order valence-electron chi connectivity index (χ0n) is 19.8. The van der Waals surface area contributed by atoms with Gasteiger partial charge >= 0.3 is 0 Å². The highest BCUT2D eigenvalue weighted by Crippen LogP contribution is 2.28. The Morgan fingerprint density at radius 1 is 0.973 bits per heavy atom. The standard InChI is InChI=1S/C28H23Cl2N3O4/c1-17-6-7-18(12-23(17)29)14-31-27(35)16-37-26-11-9-20(21-4-2-3-5-22(21)26)15-32-33-28(36)19-8-10-25(34)24(30)13-19/h2-13,15,34H,14,16H2,1H3,(H,31,35)(H,33,36)/b32-15+. The van der Waals surface area contributed by atoms with Gasteiger partial charge in [-0.25, -0.2) is 5.43 Å². The summed E-state index contributed by atoms with van der Waals surface area (Å²) in [7, 11) is 0. The number of nitrogens with zero attached hydrogens (tertiary/aromatic N) is 1. The molecule has 0 heterocycles. The first kappa shape index (κ1) is 26.0. The second kappa shape index (κ2) is 11.8. The van der Waals surface area contributed by atoms with Gasteiger partial charge in [0.15, 0.2) is 6.61 Å². The zero-order chi connectivity index (χ0) is 26.4. The van der Waals surface area contributed by atoms with E-state index in [2.05, 4.69) is 15.8 Å². The first-order chi connectivity index (χ1) is 17.8. The van der Waals surface area contributed by atoms with E-state index in [0.29, 0.717) is 17.3 Å². The number of phenols is 1. The van der Waals surface area contributed by atoms with E-state index in [0.717, 1.165) is 27.5 Å². The predicted molar refractivity (Wildman–Crippen MR) is 146 cm³/mol. The van der Waals surface area contributed by atoms with Gasteiger partial charge in [-0.15, -0.1) is 0 Å². The molecule has 4 aromatic rings. The number of nitrogens with one attached hydrogen (secondary N) is 2. The van der Waals surface area contributed by atoms with E-state index in [1.54, 1.807) is 12.1 Å². The number of halogens is 2. The molecule has 4 rings (SSSR count). The number of carbonyl (C=O) groups excluding carboxylic acids is 2. The molecule has 9 heteroatoms. The molecule has 0 aliphatic rings. The highest BCUT2D eigenvalue weighted by atomic mass is 35.5. The smallest absolute Gasteiger partial charge is 0.271 e. The van der Waals surface area contributed by atoms with E-state index < -0.39 is 5.91 Å². The maximum absolute atomic E-state index is 12.4. The first-order valence-electron chi connectivity index (χ1n) is 11.3. The monoisotopic (exact) mass is 535 g/mol. The Labute approximate surface area is 223 Å². The molecule has 188 valence electrons. The number of ether oxygens (including phenoxy) is 1. The van der Waals surface area contributed by atoms with Gasteiger partial charge in [0.25, 0.3) is 11.8 Å².